The lowest BCUT2D eigenvalue weighted by Crippen LogP contribution is -2.52. The fourth-order valence-corrected chi connectivity index (χ4v) is 2.79. The first-order valence-electron chi connectivity index (χ1n) is 6.94. The Kier molecular flexibility index (Phi) is 5.35. The van der Waals surface area contributed by atoms with E-state index in [2.05, 4.69) is 56.1 Å². The summed E-state index contributed by atoms with van der Waals surface area (Å²) in [6.07, 6.45) is 4.08. The van der Waals surface area contributed by atoms with Crippen molar-refractivity contribution in [2.45, 2.75) is 46.2 Å². The van der Waals surface area contributed by atoms with Crippen molar-refractivity contribution in [1.29, 1.82) is 0 Å². The van der Waals surface area contributed by atoms with E-state index in [1.807, 2.05) is 17.9 Å². The number of rotatable bonds is 7. The second kappa shape index (κ2) is 6.34. The maximum absolute atomic E-state index is 4.30. The first-order valence-corrected chi connectivity index (χ1v) is 6.94. The normalized spacial score (nSPS) is 14.2. The van der Waals surface area contributed by atoms with E-state index >= 15 is 0 Å². The molecule has 1 aromatic heterocycles. The van der Waals surface area contributed by atoms with Gasteiger partial charge in [0.1, 0.15) is 0 Å². The molecule has 0 saturated carbocycles. The Morgan fingerprint density at radius 2 is 1.94 bits per heavy atom. The second-order valence-electron chi connectivity index (χ2n) is 5.26. The Bertz CT molecular complexity index is 352. The van der Waals surface area contributed by atoms with Crippen LogP contribution in [0, 0.1) is 0 Å². The molecule has 1 aromatic rings. The third-order valence-corrected chi connectivity index (χ3v) is 3.75. The van der Waals surface area contributed by atoms with E-state index in [1.165, 1.54) is 5.56 Å². The van der Waals surface area contributed by atoms with Crippen LogP contribution in [0.3, 0.4) is 0 Å². The minimum atomic E-state index is 0.0720. The lowest BCUT2D eigenvalue weighted by atomic mass is 9.88. The first kappa shape index (κ1) is 15.2. The highest BCUT2D eigenvalue weighted by Crippen LogP contribution is 2.30. The van der Waals surface area contributed by atoms with Gasteiger partial charge in [-0.1, -0.05) is 20.8 Å². The van der Waals surface area contributed by atoms with Crippen molar-refractivity contribution in [3.8, 4) is 0 Å². The van der Waals surface area contributed by atoms with E-state index in [1.54, 1.807) is 0 Å². The molecule has 0 saturated heterocycles. The molecule has 104 valence electrons. The number of nitrogens with zero attached hydrogens (tertiary/aromatic N) is 3. The molecule has 18 heavy (non-hydrogen) atoms. The Hall–Kier alpha value is -0.870. The molecule has 0 aliphatic heterocycles. The molecule has 0 aliphatic rings. The maximum atomic E-state index is 4.30. The monoisotopic (exact) mass is 252 g/mol. The molecular formula is C14H28N4. The van der Waals surface area contributed by atoms with Crippen LogP contribution in [0.15, 0.2) is 12.4 Å². The van der Waals surface area contributed by atoms with Crippen LogP contribution in [-0.2, 0) is 7.05 Å². The van der Waals surface area contributed by atoms with Crippen molar-refractivity contribution in [1.82, 2.24) is 20.0 Å². The van der Waals surface area contributed by atoms with E-state index in [9.17, 15) is 0 Å². The van der Waals surface area contributed by atoms with Gasteiger partial charge in [-0.15, -0.1) is 0 Å². The fourth-order valence-electron chi connectivity index (χ4n) is 2.79. The Balaban J connectivity index is 3.03. The van der Waals surface area contributed by atoms with Crippen molar-refractivity contribution in [3.05, 3.63) is 18.0 Å². The van der Waals surface area contributed by atoms with Crippen molar-refractivity contribution in [3.63, 3.8) is 0 Å². The summed E-state index contributed by atoms with van der Waals surface area (Å²) in [5.41, 5.74) is 1.33. The van der Waals surface area contributed by atoms with Crippen LogP contribution in [0.4, 0.5) is 0 Å². The summed E-state index contributed by atoms with van der Waals surface area (Å²) in [4.78, 5) is 2.49. The van der Waals surface area contributed by atoms with Gasteiger partial charge in [-0.25, -0.2) is 0 Å². The SMILES string of the molecule is CCNC(c1cnn(C)c1)C(C)(C)N(CC)CC. The molecule has 0 aromatic carbocycles. The van der Waals surface area contributed by atoms with Crippen molar-refractivity contribution >= 4 is 0 Å². The van der Waals surface area contributed by atoms with Crippen LogP contribution in [0.5, 0.6) is 0 Å². The number of nitrogens with one attached hydrogen (secondary N) is 1. The fraction of sp³-hybridized carbons (Fsp3) is 0.786. The Morgan fingerprint density at radius 3 is 2.33 bits per heavy atom. The van der Waals surface area contributed by atoms with E-state index < -0.39 is 0 Å². The predicted molar refractivity (Wildman–Crippen MR) is 76.6 cm³/mol. The zero-order chi connectivity index (χ0) is 13.8. The molecule has 0 fully saturated rings. The molecule has 1 rings (SSSR count). The van der Waals surface area contributed by atoms with Crippen molar-refractivity contribution < 1.29 is 0 Å². The smallest absolute Gasteiger partial charge is 0.0538 e. The molecule has 0 radical (unpaired) electrons. The summed E-state index contributed by atoms with van der Waals surface area (Å²) in [5, 5.41) is 7.91. The van der Waals surface area contributed by atoms with Gasteiger partial charge in [-0.2, -0.15) is 5.10 Å². The van der Waals surface area contributed by atoms with Gasteiger partial charge in [0.05, 0.1) is 12.2 Å². The summed E-state index contributed by atoms with van der Waals surface area (Å²) in [7, 11) is 1.97. The minimum Gasteiger partial charge on any atom is -0.309 e. The van der Waals surface area contributed by atoms with Gasteiger partial charge in [0, 0.05) is 24.3 Å². The molecule has 0 spiro atoms. The van der Waals surface area contributed by atoms with Crippen molar-refractivity contribution in [2.24, 2.45) is 7.05 Å². The number of aromatic nitrogens is 2. The summed E-state index contributed by atoms with van der Waals surface area (Å²) in [5.74, 6) is 0. The van der Waals surface area contributed by atoms with E-state index in [0.717, 1.165) is 19.6 Å². The maximum Gasteiger partial charge on any atom is 0.0538 e. The quantitative estimate of drug-likeness (QED) is 0.807. The Morgan fingerprint density at radius 1 is 1.33 bits per heavy atom. The van der Waals surface area contributed by atoms with Gasteiger partial charge in [-0.05, 0) is 33.5 Å². The Labute approximate surface area is 111 Å². The zero-order valence-corrected chi connectivity index (χ0v) is 12.7. The van der Waals surface area contributed by atoms with Crippen LogP contribution in [-0.4, -0.2) is 39.9 Å². The summed E-state index contributed by atoms with van der Waals surface area (Å²) >= 11 is 0. The number of likely N-dealkylation sites (N-methyl/N-ethyl adjacent to an activating group) is 2. The highest BCUT2D eigenvalue weighted by Gasteiger charge is 2.35. The minimum absolute atomic E-state index is 0.0720. The highest BCUT2D eigenvalue weighted by atomic mass is 15.3. The van der Waals surface area contributed by atoms with Gasteiger partial charge in [0.2, 0.25) is 0 Å². The third-order valence-electron chi connectivity index (χ3n) is 3.75. The average molecular weight is 252 g/mol. The predicted octanol–water partition coefficient (Wildman–Crippen LogP) is 2.19. The standard InChI is InChI=1S/C14H28N4/c1-7-15-13(12-10-16-17(6)11-12)14(4,5)18(8-2)9-3/h10-11,13,15H,7-9H2,1-6H3. The molecule has 0 aliphatic carbocycles. The van der Waals surface area contributed by atoms with Crippen LogP contribution < -0.4 is 5.32 Å². The van der Waals surface area contributed by atoms with Crippen molar-refractivity contribution in [2.75, 3.05) is 19.6 Å². The first-order chi connectivity index (χ1) is 8.47. The van der Waals surface area contributed by atoms with Gasteiger partial charge < -0.3 is 5.32 Å². The molecule has 4 nitrogen and oxygen atoms in total. The molecule has 4 heteroatoms. The highest BCUT2D eigenvalue weighted by molar-refractivity contribution is 5.16. The lowest BCUT2D eigenvalue weighted by Gasteiger charge is -2.43. The van der Waals surface area contributed by atoms with Gasteiger partial charge in [-0.3, -0.25) is 9.58 Å². The van der Waals surface area contributed by atoms with E-state index in [0.29, 0.717) is 6.04 Å². The summed E-state index contributed by atoms with van der Waals surface area (Å²) in [6.45, 7) is 14.3. The molecule has 1 heterocycles. The number of hydrogen-bond acceptors (Lipinski definition) is 3. The largest absolute Gasteiger partial charge is 0.309 e. The van der Waals surface area contributed by atoms with Gasteiger partial charge in [0.25, 0.3) is 0 Å². The zero-order valence-electron chi connectivity index (χ0n) is 12.7. The molecular weight excluding hydrogens is 224 g/mol. The van der Waals surface area contributed by atoms with Gasteiger partial charge in [0.15, 0.2) is 0 Å². The number of hydrogen-bond donors (Lipinski definition) is 1. The lowest BCUT2D eigenvalue weighted by molar-refractivity contribution is 0.0918. The van der Waals surface area contributed by atoms with Crippen LogP contribution in [0.25, 0.3) is 0 Å². The average Bonchev–Trinajstić information content (AvgIpc) is 2.73. The van der Waals surface area contributed by atoms with Crippen LogP contribution in [0.2, 0.25) is 0 Å². The summed E-state index contributed by atoms with van der Waals surface area (Å²) in [6, 6.07) is 0.302. The molecule has 1 unspecified atom stereocenters. The molecule has 1 atom stereocenters. The second-order valence-corrected chi connectivity index (χ2v) is 5.26. The molecule has 0 bridgehead atoms. The topological polar surface area (TPSA) is 33.1 Å². The van der Waals surface area contributed by atoms with Gasteiger partial charge >= 0.3 is 0 Å². The van der Waals surface area contributed by atoms with Crippen LogP contribution in [0.1, 0.15) is 46.2 Å². The van der Waals surface area contributed by atoms with E-state index in [-0.39, 0.29) is 5.54 Å². The number of aryl methyl sites for hydroxylation is 1. The third kappa shape index (κ3) is 3.12. The van der Waals surface area contributed by atoms with E-state index in [4.69, 9.17) is 0 Å². The summed E-state index contributed by atoms with van der Waals surface area (Å²) < 4.78 is 1.87. The molecule has 1 N–H and O–H groups in total. The molecule has 0 amide bonds. The van der Waals surface area contributed by atoms with Crippen LogP contribution >= 0.6 is 0 Å².